The van der Waals surface area contributed by atoms with E-state index in [2.05, 4.69) is 15.1 Å². The lowest BCUT2D eigenvalue weighted by Gasteiger charge is -2.06. The minimum Gasteiger partial charge on any atom is -0.390 e. The number of aliphatic hydroxyl groups is 1. The van der Waals surface area contributed by atoms with Gasteiger partial charge in [-0.1, -0.05) is 0 Å². The first kappa shape index (κ1) is 9.22. The molecular formula is C8H15N3O. The summed E-state index contributed by atoms with van der Waals surface area (Å²) in [5.74, 6) is 0. The zero-order valence-electron chi connectivity index (χ0n) is 7.54. The molecule has 0 bridgehead atoms. The molecule has 1 rings (SSSR count). The molecule has 4 heteroatoms. The molecule has 0 aromatic carbocycles. The molecule has 1 heterocycles. The van der Waals surface area contributed by atoms with Crippen LogP contribution >= 0.6 is 0 Å². The standard InChI is InChI=1S/C8H15N3O/c1-11(2)4-3-7-5-8(6-12)10-9-7/h5,12H,3-4,6H2,1-2H3,(H,9,10). The van der Waals surface area contributed by atoms with Crippen molar-refractivity contribution in [3.05, 3.63) is 17.5 Å². The second kappa shape index (κ2) is 4.23. The molecular weight excluding hydrogens is 154 g/mol. The number of hydrogen-bond acceptors (Lipinski definition) is 3. The molecule has 0 amide bonds. The Bertz CT molecular complexity index is 232. The van der Waals surface area contributed by atoms with E-state index in [1.807, 2.05) is 20.2 Å². The summed E-state index contributed by atoms with van der Waals surface area (Å²) in [4.78, 5) is 2.10. The van der Waals surface area contributed by atoms with Crippen LogP contribution < -0.4 is 0 Å². The van der Waals surface area contributed by atoms with Crippen molar-refractivity contribution in [2.75, 3.05) is 20.6 Å². The summed E-state index contributed by atoms with van der Waals surface area (Å²) in [5, 5.41) is 15.6. The molecule has 1 aromatic rings. The Hall–Kier alpha value is -0.870. The van der Waals surface area contributed by atoms with Crippen LogP contribution in [0.1, 0.15) is 11.4 Å². The fourth-order valence-electron chi connectivity index (χ4n) is 0.957. The van der Waals surface area contributed by atoms with Gasteiger partial charge in [0.05, 0.1) is 18.0 Å². The zero-order chi connectivity index (χ0) is 8.97. The van der Waals surface area contributed by atoms with Gasteiger partial charge in [-0.2, -0.15) is 5.10 Å². The summed E-state index contributed by atoms with van der Waals surface area (Å²) in [7, 11) is 4.05. The van der Waals surface area contributed by atoms with Crippen LogP contribution in [-0.4, -0.2) is 40.8 Å². The number of H-pyrrole nitrogens is 1. The van der Waals surface area contributed by atoms with E-state index in [0.29, 0.717) is 0 Å². The van der Waals surface area contributed by atoms with Crippen molar-refractivity contribution in [2.45, 2.75) is 13.0 Å². The lowest BCUT2D eigenvalue weighted by Crippen LogP contribution is -2.15. The van der Waals surface area contributed by atoms with Gasteiger partial charge < -0.3 is 10.0 Å². The molecule has 0 saturated heterocycles. The second-order valence-corrected chi connectivity index (χ2v) is 3.10. The molecule has 2 N–H and O–H groups in total. The normalized spacial score (nSPS) is 11.0. The summed E-state index contributed by atoms with van der Waals surface area (Å²) in [6.45, 7) is 1.02. The van der Waals surface area contributed by atoms with Crippen molar-refractivity contribution in [3.63, 3.8) is 0 Å². The molecule has 4 nitrogen and oxygen atoms in total. The molecule has 0 aliphatic carbocycles. The van der Waals surface area contributed by atoms with E-state index in [-0.39, 0.29) is 6.61 Å². The van der Waals surface area contributed by atoms with E-state index >= 15 is 0 Å². The highest BCUT2D eigenvalue weighted by Crippen LogP contribution is 2.00. The van der Waals surface area contributed by atoms with Gasteiger partial charge in [-0.25, -0.2) is 0 Å². The number of aromatic nitrogens is 2. The Morgan fingerprint density at radius 3 is 2.83 bits per heavy atom. The topological polar surface area (TPSA) is 52.1 Å². The molecule has 0 unspecified atom stereocenters. The highest BCUT2D eigenvalue weighted by atomic mass is 16.3. The number of nitrogens with one attached hydrogen (secondary N) is 1. The van der Waals surface area contributed by atoms with E-state index in [4.69, 9.17) is 5.11 Å². The van der Waals surface area contributed by atoms with E-state index < -0.39 is 0 Å². The Labute approximate surface area is 72.2 Å². The largest absolute Gasteiger partial charge is 0.390 e. The predicted molar refractivity (Wildman–Crippen MR) is 46.8 cm³/mol. The van der Waals surface area contributed by atoms with Gasteiger partial charge >= 0.3 is 0 Å². The lowest BCUT2D eigenvalue weighted by molar-refractivity contribution is 0.276. The number of nitrogens with zero attached hydrogens (tertiary/aromatic N) is 2. The minimum absolute atomic E-state index is 0.0367. The van der Waals surface area contributed by atoms with Crippen molar-refractivity contribution in [3.8, 4) is 0 Å². The smallest absolute Gasteiger partial charge is 0.0847 e. The highest BCUT2D eigenvalue weighted by Gasteiger charge is 1.99. The van der Waals surface area contributed by atoms with Crippen molar-refractivity contribution in [1.29, 1.82) is 0 Å². The predicted octanol–water partition coefficient (Wildman–Crippen LogP) is 0.00610. The molecule has 12 heavy (non-hydrogen) atoms. The van der Waals surface area contributed by atoms with Crippen LogP contribution in [0.4, 0.5) is 0 Å². The number of aliphatic hydroxyl groups excluding tert-OH is 1. The average molecular weight is 169 g/mol. The summed E-state index contributed by atoms with van der Waals surface area (Å²) < 4.78 is 0. The third kappa shape index (κ3) is 2.64. The maximum atomic E-state index is 8.75. The first-order chi connectivity index (χ1) is 5.72. The number of rotatable bonds is 4. The molecule has 68 valence electrons. The van der Waals surface area contributed by atoms with E-state index in [1.165, 1.54) is 0 Å². The monoisotopic (exact) mass is 169 g/mol. The summed E-state index contributed by atoms with van der Waals surface area (Å²) in [6, 6.07) is 1.89. The fraction of sp³-hybridized carbons (Fsp3) is 0.625. The first-order valence-corrected chi connectivity index (χ1v) is 4.01. The Morgan fingerprint density at radius 2 is 2.33 bits per heavy atom. The number of likely N-dealkylation sites (N-methyl/N-ethyl adjacent to an activating group) is 1. The molecule has 0 aliphatic rings. The summed E-state index contributed by atoms with van der Waals surface area (Å²) in [5.41, 5.74) is 1.79. The summed E-state index contributed by atoms with van der Waals surface area (Å²) in [6.07, 6.45) is 0.920. The van der Waals surface area contributed by atoms with Crippen LogP contribution in [0.15, 0.2) is 6.07 Å². The van der Waals surface area contributed by atoms with E-state index in [1.54, 1.807) is 0 Å². The van der Waals surface area contributed by atoms with Crippen molar-refractivity contribution in [1.82, 2.24) is 15.1 Å². The van der Waals surface area contributed by atoms with Gasteiger partial charge in [-0.05, 0) is 20.2 Å². The molecule has 0 saturated carbocycles. The minimum atomic E-state index is 0.0367. The maximum Gasteiger partial charge on any atom is 0.0847 e. The summed E-state index contributed by atoms with van der Waals surface area (Å²) >= 11 is 0. The van der Waals surface area contributed by atoms with Crippen LogP contribution in [0, 0.1) is 0 Å². The van der Waals surface area contributed by atoms with Gasteiger partial charge in [0.2, 0.25) is 0 Å². The number of aromatic amines is 1. The van der Waals surface area contributed by atoms with Crippen LogP contribution in [0.2, 0.25) is 0 Å². The van der Waals surface area contributed by atoms with Crippen LogP contribution in [0.25, 0.3) is 0 Å². The Balaban J connectivity index is 2.41. The van der Waals surface area contributed by atoms with Gasteiger partial charge in [-0.15, -0.1) is 0 Å². The van der Waals surface area contributed by atoms with E-state index in [9.17, 15) is 0 Å². The average Bonchev–Trinajstić information content (AvgIpc) is 2.48. The van der Waals surface area contributed by atoms with Gasteiger partial charge in [-0.3, -0.25) is 5.10 Å². The zero-order valence-corrected chi connectivity index (χ0v) is 7.54. The third-order valence-electron chi connectivity index (χ3n) is 1.67. The van der Waals surface area contributed by atoms with E-state index in [0.717, 1.165) is 24.4 Å². The Kier molecular flexibility index (Phi) is 3.25. The van der Waals surface area contributed by atoms with Crippen LogP contribution in [0.3, 0.4) is 0 Å². The SMILES string of the molecule is CN(C)CCc1cc(CO)[nH]n1. The quantitative estimate of drug-likeness (QED) is 0.667. The highest BCUT2D eigenvalue weighted by molar-refractivity contribution is 5.07. The fourth-order valence-corrected chi connectivity index (χ4v) is 0.957. The van der Waals surface area contributed by atoms with Crippen molar-refractivity contribution < 1.29 is 5.11 Å². The van der Waals surface area contributed by atoms with Crippen molar-refractivity contribution >= 4 is 0 Å². The van der Waals surface area contributed by atoms with Crippen LogP contribution in [-0.2, 0) is 13.0 Å². The molecule has 0 spiro atoms. The molecule has 0 aliphatic heterocycles. The van der Waals surface area contributed by atoms with Crippen LogP contribution in [0.5, 0.6) is 0 Å². The van der Waals surface area contributed by atoms with Gasteiger partial charge in [0.15, 0.2) is 0 Å². The molecule has 0 fully saturated rings. The Morgan fingerprint density at radius 1 is 1.58 bits per heavy atom. The third-order valence-corrected chi connectivity index (χ3v) is 1.67. The molecule has 1 aromatic heterocycles. The second-order valence-electron chi connectivity index (χ2n) is 3.10. The molecule has 0 radical (unpaired) electrons. The number of hydrogen-bond donors (Lipinski definition) is 2. The van der Waals surface area contributed by atoms with Gasteiger partial charge in [0.25, 0.3) is 0 Å². The van der Waals surface area contributed by atoms with Crippen molar-refractivity contribution in [2.24, 2.45) is 0 Å². The van der Waals surface area contributed by atoms with Gasteiger partial charge in [0, 0.05) is 13.0 Å². The maximum absolute atomic E-state index is 8.75. The van der Waals surface area contributed by atoms with Gasteiger partial charge in [0.1, 0.15) is 0 Å². The molecule has 0 atom stereocenters. The lowest BCUT2D eigenvalue weighted by atomic mass is 10.3. The first-order valence-electron chi connectivity index (χ1n) is 4.01.